The Balaban J connectivity index is 0.00000200. The monoisotopic (exact) mass is 299 g/mol. The Kier molecular flexibility index (Phi) is 6.41. The number of non-ortho nitro benzene ring substituents is 1. The van der Waals surface area contributed by atoms with Crippen molar-refractivity contribution in [2.75, 3.05) is 18.4 Å². The van der Waals surface area contributed by atoms with Crippen molar-refractivity contribution in [1.82, 2.24) is 5.32 Å². The number of benzene rings is 1. The SMILES string of the molecule is Cl.O=C(CC1CCNCC1)Nc1cccc([N+](=O)[O-])c1. The molecule has 0 atom stereocenters. The molecular formula is C13H18ClN3O3. The summed E-state index contributed by atoms with van der Waals surface area (Å²) < 4.78 is 0. The van der Waals surface area contributed by atoms with Gasteiger partial charge in [0, 0.05) is 24.2 Å². The highest BCUT2D eigenvalue weighted by Crippen LogP contribution is 2.19. The van der Waals surface area contributed by atoms with Crippen LogP contribution in [-0.4, -0.2) is 23.9 Å². The van der Waals surface area contributed by atoms with Crippen molar-refractivity contribution in [2.45, 2.75) is 19.3 Å². The smallest absolute Gasteiger partial charge is 0.271 e. The molecule has 6 nitrogen and oxygen atoms in total. The fraction of sp³-hybridized carbons (Fsp3) is 0.462. The molecule has 1 aliphatic heterocycles. The van der Waals surface area contributed by atoms with Crippen LogP contribution in [0.15, 0.2) is 24.3 Å². The minimum Gasteiger partial charge on any atom is -0.326 e. The van der Waals surface area contributed by atoms with E-state index in [0.717, 1.165) is 25.9 Å². The van der Waals surface area contributed by atoms with E-state index in [1.807, 2.05) is 0 Å². The van der Waals surface area contributed by atoms with Gasteiger partial charge in [0.05, 0.1) is 4.92 Å². The molecule has 1 amide bonds. The first-order chi connectivity index (χ1) is 9.15. The first-order valence-electron chi connectivity index (χ1n) is 6.40. The van der Waals surface area contributed by atoms with Crippen LogP contribution in [0.1, 0.15) is 19.3 Å². The number of carbonyl (C=O) groups excluding carboxylic acids is 1. The number of hydrogen-bond acceptors (Lipinski definition) is 4. The van der Waals surface area contributed by atoms with Gasteiger partial charge in [0.25, 0.3) is 5.69 Å². The number of nitro groups is 1. The Morgan fingerprint density at radius 2 is 2.10 bits per heavy atom. The summed E-state index contributed by atoms with van der Waals surface area (Å²) in [4.78, 5) is 22.0. The molecule has 1 aliphatic rings. The van der Waals surface area contributed by atoms with E-state index < -0.39 is 4.92 Å². The van der Waals surface area contributed by atoms with Crippen molar-refractivity contribution >= 4 is 29.7 Å². The summed E-state index contributed by atoms with van der Waals surface area (Å²) in [5.74, 6) is 0.326. The van der Waals surface area contributed by atoms with Gasteiger partial charge in [-0.25, -0.2) is 0 Å². The summed E-state index contributed by atoms with van der Waals surface area (Å²) in [6.07, 6.45) is 2.48. The summed E-state index contributed by atoms with van der Waals surface area (Å²) >= 11 is 0. The van der Waals surface area contributed by atoms with Crippen molar-refractivity contribution in [1.29, 1.82) is 0 Å². The lowest BCUT2D eigenvalue weighted by atomic mass is 9.94. The molecule has 7 heteroatoms. The van der Waals surface area contributed by atoms with Gasteiger partial charge in [0.1, 0.15) is 0 Å². The summed E-state index contributed by atoms with van der Waals surface area (Å²) in [5.41, 5.74) is 0.466. The number of piperidine rings is 1. The van der Waals surface area contributed by atoms with Crippen LogP contribution in [0, 0.1) is 16.0 Å². The molecule has 110 valence electrons. The molecule has 0 aromatic heterocycles. The topological polar surface area (TPSA) is 84.3 Å². The van der Waals surface area contributed by atoms with Crippen LogP contribution in [-0.2, 0) is 4.79 Å². The van der Waals surface area contributed by atoms with Crippen LogP contribution in [0.4, 0.5) is 11.4 Å². The van der Waals surface area contributed by atoms with Gasteiger partial charge in [-0.2, -0.15) is 0 Å². The molecule has 2 N–H and O–H groups in total. The van der Waals surface area contributed by atoms with Gasteiger partial charge in [0.2, 0.25) is 5.91 Å². The highest BCUT2D eigenvalue weighted by atomic mass is 35.5. The predicted molar refractivity (Wildman–Crippen MR) is 79.2 cm³/mol. The summed E-state index contributed by atoms with van der Waals surface area (Å²) in [6.45, 7) is 1.91. The number of amides is 1. The normalized spacial score (nSPS) is 15.2. The van der Waals surface area contributed by atoms with E-state index in [4.69, 9.17) is 0 Å². The zero-order valence-corrected chi connectivity index (χ0v) is 11.8. The lowest BCUT2D eigenvalue weighted by Crippen LogP contribution is -2.30. The zero-order chi connectivity index (χ0) is 13.7. The number of rotatable bonds is 4. The number of anilines is 1. The standard InChI is InChI=1S/C13H17N3O3.ClH/c17-13(8-10-4-6-14-7-5-10)15-11-2-1-3-12(9-11)16(18)19;/h1-3,9-10,14H,4-8H2,(H,15,17);1H. The van der Waals surface area contributed by atoms with Gasteiger partial charge in [-0.05, 0) is 37.9 Å². The van der Waals surface area contributed by atoms with E-state index >= 15 is 0 Å². The molecular weight excluding hydrogens is 282 g/mol. The molecule has 1 saturated heterocycles. The Morgan fingerprint density at radius 3 is 2.75 bits per heavy atom. The third kappa shape index (κ3) is 4.79. The molecule has 0 unspecified atom stereocenters. The predicted octanol–water partition coefficient (Wildman–Crippen LogP) is 2.34. The van der Waals surface area contributed by atoms with Crippen molar-refractivity contribution < 1.29 is 9.72 Å². The van der Waals surface area contributed by atoms with E-state index in [-0.39, 0.29) is 24.0 Å². The lowest BCUT2D eigenvalue weighted by molar-refractivity contribution is -0.384. The number of nitrogens with one attached hydrogen (secondary N) is 2. The molecule has 0 aliphatic carbocycles. The second kappa shape index (κ2) is 7.81. The highest BCUT2D eigenvalue weighted by molar-refractivity contribution is 5.91. The second-order valence-corrected chi connectivity index (χ2v) is 4.75. The van der Waals surface area contributed by atoms with Gasteiger partial charge in [0.15, 0.2) is 0 Å². The van der Waals surface area contributed by atoms with Crippen LogP contribution >= 0.6 is 12.4 Å². The molecule has 0 spiro atoms. The molecule has 1 heterocycles. The molecule has 0 radical (unpaired) electrons. The summed E-state index contributed by atoms with van der Waals surface area (Å²) in [6, 6.07) is 6.01. The Labute approximate surface area is 123 Å². The quantitative estimate of drug-likeness (QED) is 0.660. The van der Waals surface area contributed by atoms with Gasteiger partial charge in [-0.15, -0.1) is 12.4 Å². The average Bonchev–Trinajstić information content (AvgIpc) is 2.40. The summed E-state index contributed by atoms with van der Waals surface area (Å²) in [7, 11) is 0. The Bertz CT molecular complexity index is 476. The van der Waals surface area contributed by atoms with E-state index in [1.54, 1.807) is 12.1 Å². The Morgan fingerprint density at radius 1 is 1.40 bits per heavy atom. The molecule has 0 bridgehead atoms. The number of hydrogen-bond donors (Lipinski definition) is 2. The number of nitrogens with zero attached hydrogens (tertiary/aromatic N) is 1. The molecule has 1 aromatic rings. The third-order valence-corrected chi connectivity index (χ3v) is 3.27. The fourth-order valence-corrected chi connectivity index (χ4v) is 2.26. The minimum absolute atomic E-state index is 0. The summed E-state index contributed by atoms with van der Waals surface area (Å²) in [5, 5.41) is 16.6. The van der Waals surface area contributed by atoms with Crippen LogP contribution < -0.4 is 10.6 Å². The highest BCUT2D eigenvalue weighted by Gasteiger charge is 2.17. The van der Waals surface area contributed by atoms with Crippen LogP contribution in [0.5, 0.6) is 0 Å². The number of halogens is 1. The van der Waals surface area contributed by atoms with Gasteiger partial charge in [-0.1, -0.05) is 6.07 Å². The molecule has 1 aromatic carbocycles. The van der Waals surface area contributed by atoms with E-state index in [0.29, 0.717) is 18.0 Å². The van der Waals surface area contributed by atoms with Crippen molar-refractivity contribution in [3.8, 4) is 0 Å². The molecule has 0 saturated carbocycles. The fourth-order valence-electron chi connectivity index (χ4n) is 2.26. The average molecular weight is 300 g/mol. The molecule has 20 heavy (non-hydrogen) atoms. The first-order valence-corrected chi connectivity index (χ1v) is 6.40. The van der Waals surface area contributed by atoms with Crippen LogP contribution in [0.2, 0.25) is 0 Å². The first kappa shape index (κ1) is 16.4. The second-order valence-electron chi connectivity index (χ2n) is 4.75. The molecule has 1 fully saturated rings. The third-order valence-electron chi connectivity index (χ3n) is 3.27. The van der Waals surface area contributed by atoms with Crippen LogP contribution in [0.25, 0.3) is 0 Å². The van der Waals surface area contributed by atoms with Crippen molar-refractivity contribution in [3.05, 3.63) is 34.4 Å². The molecule has 2 rings (SSSR count). The van der Waals surface area contributed by atoms with E-state index in [1.165, 1.54) is 12.1 Å². The Hall–Kier alpha value is -1.66. The van der Waals surface area contributed by atoms with Gasteiger partial charge < -0.3 is 10.6 Å². The lowest BCUT2D eigenvalue weighted by Gasteiger charge is -2.21. The maximum absolute atomic E-state index is 11.9. The maximum atomic E-state index is 11.9. The van der Waals surface area contributed by atoms with Crippen molar-refractivity contribution in [2.24, 2.45) is 5.92 Å². The van der Waals surface area contributed by atoms with Gasteiger partial charge in [-0.3, -0.25) is 14.9 Å². The minimum atomic E-state index is -0.470. The largest absolute Gasteiger partial charge is 0.326 e. The number of carbonyl (C=O) groups is 1. The van der Waals surface area contributed by atoms with E-state index in [2.05, 4.69) is 10.6 Å². The van der Waals surface area contributed by atoms with Crippen LogP contribution in [0.3, 0.4) is 0 Å². The van der Waals surface area contributed by atoms with E-state index in [9.17, 15) is 14.9 Å². The zero-order valence-electron chi connectivity index (χ0n) is 11.0. The van der Waals surface area contributed by atoms with Gasteiger partial charge >= 0.3 is 0 Å². The van der Waals surface area contributed by atoms with Crippen molar-refractivity contribution in [3.63, 3.8) is 0 Å². The number of nitro benzene ring substituents is 1. The maximum Gasteiger partial charge on any atom is 0.271 e.